The van der Waals surface area contributed by atoms with Crippen molar-refractivity contribution in [2.75, 3.05) is 12.4 Å². The van der Waals surface area contributed by atoms with Gasteiger partial charge in [-0.1, -0.05) is 32.9 Å². The molecule has 3 nitrogen and oxygen atoms in total. The summed E-state index contributed by atoms with van der Waals surface area (Å²) in [6.45, 7) is 6.52. The number of carbonyl (C=O) groups excluding carboxylic acids is 1. The first-order chi connectivity index (χ1) is 7.43. The Kier molecular flexibility index (Phi) is 2.50. The molecule has 0 saturated heterocycles. The molecule has 0 aliphatic carbocycles. The Labute approximate surface area is 96.2 Å². The molecule has 0 spiro atoms. The van der Waals surface area contributed by atoms with Gasteiger partial charge in [-0.2, -0.15) is 0 Å². The van der Waals surface area contributed by atoms with Crippen molar-refractivity contribution in [1.29, 1.82) is 0 Å². The van der Waals surface area contributed by atoms with Gasteiger partial charge in [-0.25, -0.2) is 0 Å². The van der Waals surface area contributed by atoms with Gasteiger partial charge < -0.3 is 10.6 Å². The molecule has 1 aromatic rings. The van der Waals surface area contributed by atoms with Crippen molar-refractivity contribution in [2.24, 2.45) is 0 Å². The van der Waals surface area contributed by atoms with Crippen LogP contribution in [-0.2, 0) is 10.2 Å². The molecular formula is C13H18N2O. The molecule has 1 unspecified atom stereocenters. The molecule has 0 aromatic heterocycles. The summed E-state index contributed by atoms with van der Waals surface area (Å²) in [5, 5.41) is 5.91. The highest BCUT2D eigenvalue weighted by Gasteiger charge is 2.30. The van der Waals surface area contributed by atoms with Gasteiger partial charge in [-0.15, -0.1) is 0 Å². The van der Waals surface area contributed by atoms with E-state index >= 15 is 0 Å². The lowest BCUT2D eigenvalue weighted by Gasteiger charge is -2.20. The number of amides is 1. The maximum Gasteiger partial charge on any atom is 0.246 e. The molecule has 1 aromatic carbocycles. The normalized spacial score (nSPS) is 19.5. The largest absolute Gasteiger partial charge is 0.324 e. The minimum Gasteiger partial charge on any atom is -0.324 e. The third kappa shape index (κ3) is 1.71. The van der Waals surface area contributed by atoms with E-state index in [1.165, 1.54) is 5.56 Å². The SMILES string of the molecule is CNC1C(=O)Nc2ccc(C(C)(C)C)cc21. The number of benzene rings is 1. The van der Waals surface area contributed by atoms with E-state index < -0.39 is 0 Å². The Balaban J connectivity index is 2.47. The second kappa shape index (κ2) is 3.59. The average molecular weight is 218 g/mol. The van der Waals surface area contributed by atoms with Crippen LogP contribution in [0.5, 0.6) is 0 Å². The molecule has 2 rings (SSSR count). The Morgan fingerprint density at radius 1 is 1.31 bits per heavy atom. The van der Waals surface area contributed by atoms with E-state index in [0.717, 1.165) is 11.3 Å². The summed E-state index contributed by atoms with van der Waals surface area (Å²) < 4.78 is 0. The minimum atomic E-state index is -0.211. The van der Waals surface area contributed by atoms with Gasteiger partial charge in [0.1, 0.15) is 6.04 Å². The molecule has 1 aliphatic rings. The first-order valence-corrected chi connectivity index (χ1v) is 5.56. The molecule has 1 amide bonds. The highest BCUT2D eigenvalue weighted by atomic mass is 16.2. The van der Waals surface area contributed by atoms with Crippen LogP contribution in [0.2, 0.25) is 0 Å². The molecule has 3 heteroatoms. The molecule has 1 atom stereocenters. The van der Waals surface area contributed by atoms with Crippen LogP contribution < -0.4 is 10.6 Å². The number of anilines is 1. The Bertz CT molecular complexity index is 432. The van der Waals surface area contributed by atoms with Gasteiger partial charge in [0.25, 0.3) is 0 Å². The van der Waals surface area contributed by atoms with Crippen LogP contribution in [0.4, 0.5) is 5.69 Å². The highest BCUT2D eigenvalue weighted by molar-refractivity contribution is 6.02. The maximum absolute atomic E-state index is 11.6. The molecule has 0 fully saturated rings. The zero-order chi connectivity index (χ0) is 11.9. The molecule has 0 radical (unpaired) electrons. The minimum absolute atomic E-state index is 0.0311. The lowest BCUT2D eigenvalue weighted by atomic mass is 9.85. The van der Waals surface area contributed by atoms with Crippen molar-refractivity contribution in [2.45, 2.75) is 32.2 Å². The van der Waals surface area contributed by atoms with E-state index in [-0.39, 0.29) is 17.4 Å². The molecule has 86 valence electrons. The van der Waals surface area contributed by atoms with Gasteiger partial charge in [0.2, 0.25) is 5.91 Å². The number of hydrogen-bond acceptors (Lipinski definition) is 2. The van der Waals surface area contributed by atoms with Gasteiger partial charge in [0.15, 0.2) is 0 Å². The number of fused-ring (bicyclic) bond motifs is 1. The zero-order valence-corrected chi connectivity index (χ0v) is 10.2. The molecule has 1 aliphatic heterocycles. The van der Waals surface area contributed by atoms with E-state index in [1.54, 1.807) is 0 Å². The van der Waals surface area contributed by atoms with Gasteiger partial charge in [0, 0.05) is 11.3 Å². The Hall–Kier alpha value is -1.35. The average Bonchev–Trinajstić information content (AvgIpc) is 2.50. The quantitative estimate of drug-likeness (QED) is 0.758. The summed E-state index contributed by atoms with van der Waals surface area (Å²) in [6, 6.07) is 5.98. The molecule has 0 bridgehead atoms. The van der Waals surface area contributed by atoms with Gasteiger partial charge >= 0.3 is 0 Å². The van der Waals surface area contributed by atoms with Crippen molar-refractivity contribution in [3.8, 4) is 0 Å². The highest BCUT2D eigenvalue weighted by Crippen LogP contribution is 2.34. The topological polar surface area (TPSA) is 41.1 Å². The van der Waals surface area contributed by atoms with Crippen molar-refractivity contribution < 1.29 is 4.79 Å². The first-order valence-electron chi connectivity index (χ1n) is 5.56. The lowest BCUT2D eigenvalue weighted by molar-refractivity contribution is -0.117. The smallest absolute Gasteiger partial charge is 0.246 e. The van der Waals surface area contributed by atoms with Crippen molar-refractivity contribution >= 4 is 11.6 Å². The standard InChI is InChI=1S/C13H18N2O/c1-13(2,3)8-5-6-10-9(7-8)11(14-4)12(16)15-10/h5-7,11,14H,1-4H3,(H,15,16). The summed E-state index contributed by atoms with van der Waals surface area (Å²) in [5.41, 5.74) is 3.35. The number of carbonyl (C=O) groups is 1. The molecule has 2 N–H and O–H groups in total. The number of likely N-dealkylation sites (N-methyl/N-ethyl adjacent to an activating group) is 1. The first kappa shape index (κ1) is 11.1. The molecule has 1 heterocycles. The van der Waals surface area contributed by atoms with Crippen LogP contribution >= 0.6 is 0 Å². The van der Waals surface area contributed by atoms with Crippen molar-refractivity contribution in [3.63, 3.8) is 0 Å². The fourth-order valence-electron chi connectivity index (χ4n) is 2.01. The van der Waals surface area contributed by atoms with E-state index in [1.807, 2.05) is 13.1 Å². The van der Waals surface area contributed by atoms with Crippen LogP contribution in [0.15, 0.2) is 18.2 Å². The number of nitrogens with one attached hydrogen (secondary N) is 2. The Morgan fingerprint density at radius 2 is 2.00 bits per heavy atom. The maximum atomic E-state index is 11.6. The summed E-state index contributed by atoms with van der Waals surface area (Å²) >= 11 is 0. The third-order valence-electron chi connectivity index (χ3n) is 3.04. The van der Waals surface area contributed by atoms with Crippen LogP contribution in [0, 0.1) is 0 Å². The monoisotopic (exact) mass is 218 g/mol. The summed E-state index contributed by atoms with van der Waals surface area (Å²) in [5.74, 6) is 0.0311. The molecule has 16 heavy (non-hydrogen) atoms. The van der Waals surface area contributed by atoms with Gasteiger partial charge in [-0.3, -0.25) is 4.79 Å². The van der Waals surface area contributed by atoms with Crippen LogP contribution in [0.1, 0.15) is 37.9 Å². The van der Waals surface area contributed by atoms with Crippen molar-refractivity contribution in [3.05, 3.63) is 29.3 Å². The van der Waals surface area contributed by atoms with E-state index in [9.17, 15) is 4.79 Å². The fourth-order valence-corrected chi connectivity index (χ4v) is 2.01. The third-order valence-corrected chi connectivity index (χ3v) is 3.04. The molecular weight excluding hydrogens is 200 g/mol. The zero-order valence-electron chi connectivity index (χ0n) is 10.2. The Morgan fingerprint density at radius 3 is 2.56 bits per heavy atom. The summed E-state index contributed by atoms with van der Waals surface area (Å²) in [4.78, 5) is 11.6. The predicted octanol–water partition coefficient (Wildman–Crippen LogP) is 2.20. The number of hydrogen-bond donors (Lipinski definition) is 2. The summed E-state index contributed by atoms with van der Waals surface area (Å²) in [7, 11) is 1.81. The van der Waals surface area contributed by atoms with Crippen LogP contribution in [0.3, 0.4) is 0 Å². The molecule has 0 saturated carbocycles. The van der Waals surface area contributed by atoms with E-state index in [4.69, 9.17) is 0 Å². The van der Waals surface area contributed by atoms with Gasteiger partial charge in [-0.05, 0) is 24.1 Å². The predicted molar refractivity (Wildman–Crippen MR) is 65.6 cm³/mol. The van der Waals surface area contributed by atoms with E-state index in [0.29, 0.717) is 0 Å². The van der Waals surface area contributed by atoms with Crippen LogP contribution in [0.25, 0.3) is 0 Å². The second-order valence-corrected chi connectivity index (χ2v) is 5.26. The van der Waals surface area contributed by atoms with E-state index in [2.05, 4.69) is 43.5 Å². The van der Waals surface area contributed by atoms with Crippen LogP contribution in [-0.4, -0.2) is 13.0 Å². The van der Waals surface area contributed by atoms with Crippen molar-refractivity contribution in [1.82, 2.24) is 5.32 Å². The number of rotatable bonds is 1. The van der Waals surface area contributed by atoms with Gasteiger partial charge in [0.05, 0.1) is 0 Å². The lowest BCUT2D eigenvalue weighted by Crippen LogP contribution is -2.24. The summed E-state index contributed by atoms with van der Waals surface area (Å²) in [6.07, 6.45) is 0. The second-order valence-electron chi connectivity index (χ2n) is 5.26. The fraction of sp³-hybridized carbons (Fsp3) is 0.462.